The van der Waals surface area contributed by atoms with Gasteiger partial charge in [-0.25, -0.2) is 4.39 Å². The fourth-order valence-corrected chi connectivity index (χ4v) is 3.17. The standard InChI is InChI=1S/C20H23FN2O/c1-15-3-2-4-16(13-15)14-23-11-9-19(10-12-23)22-20(24)17-5-7-18(21)8-6-17/h2-8,13,19H,9-12,14H2,1H3,(H,22,24). The van der Waals surface area contributed by atoms with Crippen LogP contribution < -0.4 is 5.32 Å². The fourth-order valence-electron chi connectivity index (χ4n) is 3.17. The predicted octanol–water partition coefficient (Wildman–Crippen LogP) is 3.53. The molecule has 3 nitrogen and oxygen atoms in total. The molecule has 1 aliphatic heterocycles. The van der Waals surface area contributed by atoms with Crippen molar-refractivity contribution in [3.63, 3.8) is 0 Å². The highest BCUT2D eigenvalue weighted by Crippen LogP contribution is 2.15. The SMILES string of the molecule is Cc1cccc(CN2CCC(NC(=O)c3ccc(F)cc3)CC2)c1. The van der Waals surface area contributed by atoms with Crippen molar-refractivity contribution in [3.8, 4) is 0 Å². The third kappa shape index (κ3) is 4.42. The second-order valence-corrected chi connectivity index (χ2v) is 6.52. The molecule has 0 saturated carbocycles. The zero-order valence-corrected chi connectivity index (χ0v) is 14.0. The monoisotopic (exact) mass is 326 g/mol. The molecule has 0 radical (unpaired) electrons. The average Bonchev–Trinajstić information content (AvgIpc) is 2.57. The highest BCUT2D eigenvalue weighted by Gasteiger charge is 2.21. The van der Waals surface area contributed by atoms with Gasteiger partial charge < -0.3 is 5.32 Å². The van der Waals surface area contributed by atoms with Crippen LogP contribution in [-0.2, 0) is 6.54 Å². The van der Waals surface area contributed by atoms with E-state index in [0.717, 1.165) is 32.5 Å². The number of carbonyl (C=O) groups is 1. The molecule has 2 aromatic rings. The van der Waals surface area contributed by atoms with E-state index >= 15 is 0 Å². The molecule has 2 aromatic carbocycles. The lowest BCUT2D eigenvalue weighted by atomic mass is 10.0. The fraction of sp³-hybridized carbons (Fsp3) is 0.350. The maximum Gasteiger partial charge on any atom is 0.251 e. The Balaban J connectivity index is 1.48. The lowest BCUT2D eigenvalue weighted by molar-refractivity contribution is 0.0909. The van der Waals surface area contributed by atoms with Crippen molar-refractivity contribution in [1.82, 2.24) is 10.2 Å². The van der Waals surface area contributed by atoms with E-state index in [-0.39, 0.29) is 17.8 Å². The van der Waals surface area contributed by atoms with Crippen molar-refractivity contribution in [2.24, 2.45) is 0 Å². The van der Waals surface area contributed by atoms with Gasteiger partial charge in [0.05, 0.1) is 0 Å². The number of aryl methyl sites for hydroxylation is 1. The minimum absolute atomic E-state index is 0.118. The molecule has 1 N–H and O–H groups in total. The number of rotatable bonds is 4. The third-order valence-corrected chi connectivity index (χ3v) is 4.52. The first-order chi connectivity index (χ1) is 11.6. The molecular weight excluding hydrogens is 303 g/mol. The van der Waals surface area contributed by atoms with Crippen molar-refractivity contribution in [3.05, 3.63) is 71.0 Å². The van der Waals surface area contributed by atoms with Crippen LogP contribution in [0.1, 0.15) is 34.3 Å². The second-order valence-electron chi connectivity index (χ2n) is 6.52. The van der Waals surface area contributed by atoms with Crippen molar-refractivity contribution in [1.29, 1.82) is 0 Å². The van der Waals surface area contributed by atoms with Crippen LogP contribution in [0.15, 0.2) is 48.5 Å². The van der Waals surface area contributed by atoms with Gasteiger partial charge in [0.2, 0.25) is 0 Å². The van der Waals surface area contributed by atoms with Crippen LogP contribution >= 0.6 is 0 Å². The Labute approximate surface area is 142 Å². The first kappa shape index (κ1) is 16.7. The minimum Gasteiger partial charge on any atom is -0.349 e. The maximum absolute atomic E-state index is 12.9. The number of hydrogen-bond acceptors (Lipinski definition) is 2. The number of nitrogens with one attached hydrogen (secondary N) is 1. The van der Waals surface area contributed by atoms with E-state index in [2.05, 4.69) is 41.4 Å². The van der Waals surface area contributed by atoms with E-state index in [1.807, 2.05) is 0 Å². The van der Waals surface area contributed by atoms with E-state index in [1.54, 1.807) is 0 Å². The van der Waals surface area contributed by atoms with Gasteiger partial charge in [-0.2, -0.15) is 0 Å². The first-order valence-electron chi connectivity index (χ1n) is 8.44. The van der Waals surface area contributed by atoms with Gasteiger partial charge in [-0.05, 0) is 49.6 Å². The molecule has 0 atom stereocenters. The van der Waals surface area contributed by atoms with Crippen LogP contribution in [0.2, 0.25) is 0 Å². The number of piperidine rings is 1. The van der Waals surface area contributed by atoms with Crippen LogP contribution in [0.25, 0.3) is 0 Å². The number of amides is 1. The predicted molar refractivity (Wildman–Crippen MR) is 93.3 cm³/mol. The summed E-state index contributed by atoms with van der Waals surface area (Å²) in [5.74, 6) is -0.442. The minimum atomic E-state index is -0.323. The number of benzene rings is 2. The van der Waals surface area contributed by atoms with Crippen LogP contribution in [0.5, 0.6) is 0 Å². The number of likely N-dealkylation sites (tertiary alicyclic amines) is 1. The summed E-state index contributed by atoms with van der Waals surface area (Å²) in [6, 6.07) is 14.5. The van der Waals surface area contributed by atoms with Gasteiger partial charge >= 0.3 is 0 Å². The zero-order chi connectivity index (χ0) is 16.9. The first-order valence-corrected chi connectivity index (χ1v) is 8.44. The Kier molecular flexibility index (Phi) is 5.26. The zero-order valence-electron chi connectivity index (χ0n) is 14.0. The van der Waals surface area contributed by atoms with Gasteiger partial charge in [0.25, 0.3) is 5.91 Å². The average molecular weight is 326 g/mol. The topological polar surface area (TPSA) is 32.3 Å². The molecule has 24 heavy (non-hydrogen) atoms. The van der Waals surface area contributed by atoms with E-state index in [1.165, 1.54) is 35.4 Å². The van der Waals surface area contributed by atoms with Gasteiger partial charge in [0, 0.05) is 31.2 Å². The number of hydrogen-bond donors (Lipinski definition) is 1. The Hall–Kier alpha value is -2.20. The molecule has 0 bridgehead atoms. The number of nitrogens with zero attached hydrogens (tertiary/aromatic N) is 1. The number of halogens is 1. The Bertz CT molecular complexity index is 691. The molecule has 0 aliphatic carbocycles. The molecule has 4 heteroatoms. The summed E-state index contributed by atoms with van der Waals surface area (Å²) >= 11 is 0. The van der Waals surface area contributed by atoms with Crippen molar-refractivity contribution >= 4 is 5.91 Å². The number of carbonyl (C=O) groups excluding carboxylic acids is 1. The van der Waals surface area contributed by atoms with Gasteiger partial charge in [0.1, 0.15) is 5.82 Å². The smallest absolute Gasteiger partial charge is 0.251 e. The highest BCUT2D eigenvalue weighted by atomic mass is 19.1. The lowest BCUT2D eigenvalue weighted by Gasteiger charge is -2.32. The summed E-state index contributed by atoms with van der Waals surface area (Å²) in [7, 11) is 0. The Morgan fingerprint density at radius 2 is 1.88 bits per heavy atom. The van der Waals surface area contributed by atoms with E-state index in [9.17, 15) is 9.18 Å². The molecule has 1 amide bonds. The summed E-state index contributed by atoms with van der Waals surface area (Å²) in [5, 5.41) is 3.06. The molecule has 0 aromatic heterocycles. The molecule has 1 saturated heterocycles. The quantitative estimate of drug-likeness (QED) is 0.932. The van der Waals surface area contributed by atoms with Crippen LogP contribution in [0.3, 0.4) is 0 Å². The molecule has 1 heterocycles. The van der Waals surface area contributed by atoms with Crippen LogP contribution in [-0.4, -0.2) is 29.9 Å². The van der Waals surface area contributed by atoms with Gasteiger partial charge in [0.15, 0.2) is 0 Å². The van der Waals surface area contributed by atoms with Gasteiger partial charge in [-0.3, -0.25) is 9.69 Å². The summed E-state index contributed by atoms with van der Waals surface area (Å²) < 4.78 is 12.9. The summed E-state index contributed by atoms with van der Waals surface area (Å²) in [6.45, 7) is 5.02. The summed E-state index contributed by atoms with van der Waals surface area (Å²) in [4.78, 5) is 14.6. The molecule has 3 rings (SSSR count). The second kappa shape index (κ2) is 7.58. The molecule has 1 aliphatic rings. The van der Waals surface area contributed by atoms with Crippen LogP contribution in [0.4, 0.5) is 4.39 Å². The summed E-state index contributed by atoms with van der Waals surface area (Å²) in [6.07, 6.45) is 1.89. The van der Waals surface area contributed by atoms with Gasteiger partial charge in [-0.15, -0.1) is 0 Å². The molecule has 126 valence electrons. The third-order valence-electron chi connectivity index (χ3n) is 4.52. The van der Waals surface area contributed by atoms with E-state index in [4.69, 9.17) is 0 Å². The molecular formula is C20H23FN2O. The Morgan fingerprint density at radius 3 is 2.54 bits per heavy atom. The molecule has 1 fully saturated rings. The largest absolute Gasteiger partial charge is 0.349 e. The highest BCUT2D eigenvalue weighted by molar-refractivity contribution is 5.94. The molecule has 0 unspecified atom stereocenters. The van der Waals surface area contributed by atoms with Gasteiger partial charge in [-0.1, -0.05) is 29.8 Å². The van der Waals surface area contributed by atoms with Crippen molar-refractivity contribution in [2.75, 3.05) is 13.1 Å². The van der Waals surface area contributed by atoms with Crippen molar-refractivity contribution in [2.45, 2.75) is 32.4 Å². The lowest BCUT2D eigenvalue weighted by Crippen LogP contribution is -2.44. The summed E-state index contributed by atoms with van der Waals surface area (Å²) in [5.41, 5.74) is 3.14. The van der Waals surface area contributed by atoms with Crippen molar-refractivity contribution < 1.29 is 9.18 Å². The maximum atomic E-state index is 12.9. The van der Waals surface area contributed by atoms with E-state index < -0.39 is 0 Å². The van der Waals surface area contributed by atoms with E-state index in [0.29, 0.717) is 5.56 Å². The molecule has 0 spiro atoms. The normalized spacial score (nSPS) is 16.1. The Morgan fingerprint density at radius 1 is 1.17 bits per heavy atom. The van der Waals surface area contributed by atoms with Crippen LogP contribution in [0, 0.1) is 12.7 Å².